The number of aromatic nitrogens is 3. The van der Waals surface area contributed by atoms with Crippen LogP contribution >= 0.6 is 0 Å². The highest BCUT2D eigenvalue weighted by Gasteiger charge is 2.06. The molecule has 0 saturated heterocycles. The van der Waals surface area contributed by atoms with E-state index < -0.39 is 13.0 Å². The summed E-state index contributed by atoms with van der Waals surface area (Å²) in [5.41, 5.74) is 0.680. The van der Waals surface area contributed by atoms with Crippen LogP contribution in [-0.4, -0.2) is 27.5 Å². The number of nitrogens with zero attached hydrogens (tertiary/aromatic N) is 3. The van der Waals surface area contributed by atoms with E-state index in [0.717, 1.165) is 4.68 Å². The third kappa shape index (κ3) is 3.78. The van der Waals surface area contributed by atoms with Crippen molar-refractivity contribution < 1.29 is 8.78 Å². The van der Waals surface area contributed by atoms with Crippen molar-refractivity contribution in [2.75, 3.05) is 0 Å². The SMILES string of the molecule is CC(C)NCc1cn(CC(F)F)nn1. The summed E-state index contributed by atoms with van der Waals surface area (Å²) >= 11 is 0. The van der Waals surface area contributed by atoms with Crippen molar-refractivity contribution >= 4 is 0 Å². The monoisotopic (exact) mass is 204 g/mol. The third-order valence-electron chi connectivity index (χ3n) is 1.60. The molecule has 14 heavy (non-hydrogen) atoms. The van der Waals surface area contributed by atoms with Crippen LogP contribution in [0.3, 0.4) is 0 Å². The molecule has 0 bridgehead atoms. The Morgan fingerprint density at radius 3 is 2.79 bits per heavy atom. The van der Waals surface area contributed by atoms with Gasteiger partial charge in [0, 0.05) is 18.8 Å². The smallest absolute Gasteiger partial charge is 0.257 e. The second-order valence-electron chi connectivity index (χ2n) is 3.36. The van der Waals surface area contributed by atoms with Crippen LogP contribution < -0.4 is 5.32 Å². The number of nitrogens with one attached hydrogen (secondary N) is 1. The fourth-order valence-corrected chi connectivity index (χ4v) is 0.959. The van der Waals surface area contributed by atoms with E-state index in [1.165, 1.54) is 6.20 Å². The standard InChI is InChI=1S/C8H14F2N4/c1-6(2)11-3-7-4-14(13-12-7)5-8(9)10/h4,6,8,11H,3,5H2,1-2H3. The normalized spacial score (nSPS) is 11.6. The molecule has 0 atom stereocenters. The van der Waals surface area contributed by atoms with E-state index in [9.17, 15) is 8.78 Å². The second kappa shape index (κ2) is 4.99. The zero-order valence-corrected chi connectivity index (χ0v) is 8.24. The maximum atomic E-state index is 11.9. The predicted molar refractivity (Wildman–Crippen MR) is 48.0 cm³/mol. The summed E-state index contributed by atoms with van der Waals surface area (Å²) in [7, 11) is 0. The predicted octanol–water partition coefficient (Wildman–Crippen LogP) is 1.04. The Labute approximate surface area is 81.3 Å². The van der Waals surface area contributed by atoms with Gasteiger partial charge in [-0.1, -0.05) is 19.1 Å². The van der Waals surface area contributed by atoms with E-state index in [2.05, 4.69) is 15.6 Å². The highest BCUT2D eigenvalue weighted by atomic mass is 19.3. The molecule has 0 spiro atoms. The van der Waals surface area contributed by atoms with Crippen LogP contribution in [-0.2, 0) is 13.1 Å². The van der Waals surface area contributed by atoms with Crippen molar-refractivity contribution in [1.82, 2.24) is 20.3 Å². The Balaban J connectivity index is 2.42. The van der Waals surface area contributed by atoms with E-state index in [1.807, 2.05) is 13.8 Å². The Morgan fingerprint density at radius 2 is 2.21 bits per heavy atom. The van der Waals surface area contributed by atoms with Gasteiger partial charge in [-0.15, -0.1) is 5.10 Å². The van der Waals surface area contributed by atoms with Gasteiger partial charge in [0.25, 0.3) is 6.43 Å². The second-order valence-corrected chi connectivity index (χ2v) is 3.36. The van der Waals surface area contributed by atoms with E-state index in [-0.39, 0.29) is 0 Å². The summed E-state index contributed by atoms with van der Waals surface area (Å²) in [5.74, 6) is 0. The topological polar surface area (TPSA) is 42.7 Å². The van der Waals surface area contributed by atoms with Gasteiger partial charge in [-0.2, -0.15) is 0 Å². The van der Waals surface area contributed by atoms with Gasteiger partial charge in [0.2, 0.25) is 0 Å². The van der Waals surface area contributed by atoms with Crippen molar-refractivity contribution in [2.45, 2.75) is 39.4 Å². The van der Waals surface area contributed by atoms with Crippen LogP contribution in [0.1, 0.15) is 19.5 Å². The lowest BCUT2D eigenvalue weighted by molar-refractivity contribution is 0.121. The first kappa shape index (κ1) is 11.0. The largest absolute Gasteiger partial charge is 0.309 e. The molecule has 0 saturated carbocycles. The van der Waals surface area contributed by atoms with Crippen molar-refractivity contribution in [3.63, 3.8) is 0 Å². The van der Waals surface area contributed by atoms with Gasteiger partial charge in [-0.3, -0.25) is 0 Å². The zero-order valence-electron chi connectivity index (χ0n) is 8.24. The van der Waals surface area contributed by atoms with Gasteiger partial charge >= 0.3 is 0 Å². The van der Waals surface area contributed by atoms with E-state index >= 15 is 0 Å². The summed E-state index contributed by atoms with van der Waals surface area (Å²) < 4.78 is 25.0. The number of halogens is 2. The lowest BCUT2D eigenvalue weighted by Gasteiger charge is -2.04. The summed E-state index contributed by atoms with van der Waals surface area (Å²) in [5, 5.41) is 10.5. The first-order valence-electron chi connectivity index (χ1n) is 4.48. The number of rotatable bonds is 5. The number of hydrogen-bond acceptors (Lipinski definition) is 3. The van der Waals surface area contributed by atoms with Crippen molar-refractivity contribution in [1.29, 1.82) is 0 Å². The third-order valence-corrected chi connectivity index (χ3v) is 1.60. The minimum atomic E-state index is -2.39. The van der Waals surface area contributed by atoms with Crippen LogP contribution in [0.2, 0.25) is 0 Å². The maximum Gasteiger partial charge on any atom is 0.257 e. The van der Waals surface area contributed by atoms with Crippen LogP contribution in [0, 0.1) is 0 Å². The van der Waals surface area contributed by atoms with Crippen molar-refractivity contribution in [3.05, 3.63) is 11.9 Å². The van der Waals surface area contributed by atoms with Gasteiger partial charge in [-0.25, -0.2) is 13.5 Å². The molecule has 0 fully saturated rings. The van der Waals surface area contributed by atoms with E-state index in [0.29, 0.717) is 18.3 Å². The van der Waals surface area contributed by atoms with E-state index in [4.69, 9.17) is 0 Å². The first-order chi connectivity index (χ1) is 6.58. The summed E-state index contributed by atoms with van der Waals surface area (Å²) in [4.78, 5) is 0. The number of alkyl halides is 2. The summed E-state index contributed by atoms with van der Waals surface area (Å²) in [6, 6.07) is 0.343. The van der Waals surface area contributed by atoms with Crippen LogP contribution in [0.4, 0.5) is 8.78 Å². The Bertz CT molecular complexity index is 272. The molecule has 1 rings (SSSR count). The minimum Gasteiger partial charge on any atom is -0.309 e. The lowest BCUT2D eigenvalue weighted by Crippen LogP contribution is -2.21. The molecular formula is C8H14F2N4. The van der Waals surface area contributed by atoms with Crippen LogP contribution in [0.5, 0.6) is 0 Å². The van der Waals surface area contributed by atoms with Crippen molar-refractivity contribution in [3.8, 4) is 0 Å². The average Bonchev–Trinajstić information content (AvgIpc) is 2.47. The van der Waals surface area contributed by atoms with Crippen molar-refractivity contribution in [2.24, 2.45) is 0 Å². The molecule has 6 heteroatoms. The van der Waals surface area contributed by atoms with Crippen LogP contribution in [0.15, 0.2) is 6.20 Å². The Kier molecular flexibility index (Phi) is 3.94. The minimum absolute atomic E-state index is 0.343. The van der Waals surface area contributed by atoms with Gasteiger partial charge < -0.3 is 5.32 Å². The molecule has 0 aliphatic heterocycles. The van der Waals surface area contributed by atoms with Crippen LogP contribution in [0.25, 0.3) is 0 Å². The fraction of sp³-hybridized carbons (Fsp3) is 0.750. The molecule has 1 aromatic heterocycles. The Morgan fingerprint density at radius 1 is 1.50 bits per heavy atom. The van der Waals surface area contributed by atoms with Gasteiger partial charge in [-0.05, 0) is 0 Å². The zero-order chi connectivity index (χ0) is 10.6. The average molecular weight is 204 g/mol. The molecule has 80 valence electrons. The van der Waals surface area contributed by atoms with Gasteiger partial charge in [0.1, 0.15) is 6.54 Å². The molecule has 0 aliphatic carbocycles. The lowest BCUT2D eigenvalue weighted by atomic mass is 10.3. The summed E-state index contributed by atoms with van der Waals surface area (Å²) in [6.07, 6.45) is -0.857. The molecule has 0 aliphatic rings. The summed E-state index contributed by atoms with van der Waals surface area (Å²) in [6.45, 7) is 4.17. The molecule has 1 aromatic rings. The molecule has 1 N–H and O–H groups in total. The molecular weight excluding hydrogens is 190 g/mol. The van der Waals surface area contributed by atoms with Gasteiger partial charge in [0.15, 0.2) is 0 Å². The molecule has 0 radical (unpaired) electrons. The quantitative estimate of drug-likeness (QED) is 0.779. The highest BCUT2D eigenvalue weighted by Crippen LogP contribution is 1.99. The highest BCUT2D eigenvalue weighted by molar-refractivity contribution is 4.91. The number of hydrogen-bond donors (Lipinski definition) is 1. The molecule has 0 amide bonds. The molecule has 0 aromatic carbocycles. The Hall–Kier alpha value is -1.04. The molecule has 0 unspecified atom stereocenters. The fourth-order valence-electron chi connectivity index (χ4n) is 0.959. The molecule has 4 nitrogen and oxygen atoms in total. The first-order valence-corrected chi connectivity index (χ1v) is 4.48. The van der Waals surface area contributed by atoms with E-state index in [1.54, 1.807) is 0 Å². The maximum absolute atomic E-state index is 11.9. The molecule has 1 heterocycles. The van der Waals surface area contributed by atoms with Gasteiger partial charge in [0.05, 0.1) is 5.69 Å².